The minimum atomic E-state index is -0.121. The number of carbonyl (C=O) groups is 1. The lowest BCUT2D eigenvalue weighted by atomic mass is 10.2. The highest BCUT2D eigenvalue weighted by Crippen LogP contribution is 1.99. The summed E-state index contributed by atoms with van der Waals surface area (Å²) in [7, 11) is 0. The molecule has 0 fully saturated rings. The van der Waals surface area contributed by atoms with E-state index >= 15 is 0 Å². The summed E-state index contributed by atoms with van der Waals surface area (Å²) in [6.45, 7) is 0.411. The molecule has 0 aliphatic heterocycles. The van der Waals surface area contributed by atoms with Crippen LogP contribution in [0.1, 0.15) is 15.9 Å². The van der Waals surface area contributed by atoms with E-state index in [-0.39, 0.29) is 11.4 Å². The highest BCUT2D eigenvalue weighted by Gasteiger charge is 2.03. The SMILES string of the molecule is O.O=C(NCc1cc[n+]([O-])cc1)c1ccccc1. The topological polar surface area (TPSA) is 87.5 Å². The van der Waals surface area contributed by atoms with Crippen LogP contribution in [0.3, 0.4) is 0 Å². The highest BCUT2D eigenvalue weighted by atomic mass is 16.5. The van der Waals surface area contributed by atoms with Crippen LogP contribution in [0.15, 0.2) is 54.9 Å². The van der Waals surface area contributed by atoms with E-state index < -0.39 is 0 Å². The van der Waals surface area contributed by atoms with Gasteiger partial charge < -0.3 is 16.0 Å². The summed E-state index contributed by atoms with van der Waals surface area (Å²) < 4.78 is 0.711. The van der Waals surface area contributed by atoms with Crippen molar-refractivity contribution in [2.75, 3.05) is 0 Å². The molecule has 1 aromatic heterocycles. The molecule has 0 saturated heterocycles. The summed E-state index contributed by atoms with van der Waals surface area (Å²) in [6.07, 6.45) is 2.81. The summed E-state index contributed by atoms with van der Waals surface area (Å²) in [5.74, 6) is -0.121. The van der Waals surface area contributed by atoms with E-state index in [1.165, 1.54) is 12.4 Å². The lowest BCUT2D eigenvalue weighted by Gasteiger charge is -2.04. The van der Waals surface area contributed by atoms with Crippen LogP contribution in [-0.2, 0) is 6.54 Å². The van der Waals surface area contributed by atoms with Crippen molar-refractivity contribution in [3.8, 4) is 0 Å². The Morgan fingerprint density at radius 3 is 2.33 bits per heavy atom. The van der Waals surface area contributed by atoms with E-state index in [0.29, 0.717) is 16.8 Å². The molecule has 2 aromatic rings. The fraction of sp³-hybridized carbons (Fsp3) is 0.0769. The maximum Gasteiger partial charge on any atom is 0.251 e. The first kappa shape index (κ1) is 13.7. The van der Waals surface area contributed by atoms with Gasteiger partial charge in [-0.2, -0.15) is 4.73 Å². The van der Waals surface area contributed by atoms with Gasteiger partial charge in [0.1, 0.15) is 0 Å². The van der Waals surface area contributed by atoms with Crippen LogP contribution in [0.5, 0.6) is 0 Å². The average Bonchev–Trinajstić information content (AvgIpc) is 2.39. The molecule has 0 aliphatic rings. The number of nitrogens with one attached hydrogen (secondary N) is 1. The van der Waals surface area contributed by atoms with E-state index in [4.69, 9.17) is 0 Å². The number of nitrogens with zero attached hydrogens (tertiary/aromatic N) is 1. The van der Waals surface area contributed by atoms with Gasteiger partial charge in [-0.05, 0) is 17.7 Å². The fourth-order valence-electron chi connectivity index (χ4n) is 1.44. The summed E-state index contributed by atoms with van der Waals surface area (Å²) in [6, 6.07) is 12.4. The van der Waals surface area contributed by atoms with Crippen LogP contribution in [0, 0.1) is 5.21 Å². The Bertz CT molecular complexity index is 497. The van der Waals surface area contributed by atoms with Gasteiger partial charge in [0.05, 0.1) is 0 Å². The normalized spacial score (nSPS) is 9.33. The lowest BCUT2D eigenvalue weighted by Crippen LogP contribution is -2.26. The monoisotopic (exact) mass is 246 g/mol. The molecule has 94 valence electrons. The molecule has 0 aliphatic carbocycles. The zero-order chi connectivity index (χ0) is 12.1. The van der Waals surface area contributed by atoms with Crippen molar-refractivity contribution in [1.29, 1.82) is 0 Å². The van der Waals surface area contributed by atoms with Gasteiger partial charge in [-0.15, -0.1) is 0 Å². The zero-order valence-electron chi connectivity index (χ0n) is 9.67. The quantitative estimate of drug-likeness (QED) is 0.628. The fourth-order valence-corrected chi connectivity index (χ4v) is 1.44. The third-order valence-electron chi connectivity index (χ3n) is 2.36. The van der Waals surface area contributed by atoms with Crippen LogP contribution in [0.2, 0.25) is 0 Å². The molecule has 18 heavy (non-hydrogen) atoms. The number of amides is 1. The standard InChI is InChI=1S/C13H12N2O2.H2O/c16-13(12-4-2-1-3-5-12)14-10-11-6-8-15(17)9-7-11;/h1-9H,10H2,(H,14,16);1H2. The molecule has 3 N–H and O–H groups in total. The Hall–Kier alpha value is -2.40. The molecule has 0 radical (unpaired) electrons. The minimum absolute atomic E-state index is 0. The van der Waals surface area contributed by atoms with Gasteiger partial charge >= 0.3 is 0 Å². The van der Waals surface area contributed by atoms with Crippen molar-refractivity contribution in [1.82, 2.24) is 5.32 Å². The molecular formula is C13H14N2O3. The van der Waals surface area contributed by atoms with Crippen molar-refractivity contribution in [2.24, 2.45) is 0 Å². The van der Waals surface area contributed by atoms with Crippen LogP contribution >= 0.6 is 0 Å². The predicted octanol–water partition coefficient (Wildman–Crippen LogP) is 0.425. The van der Waals surface area contributed by atoms with Gasteiger partial charge in [0.15, 0.2) is 12.4 Å². The smallest absolute Gasteiger partial charge is 0.251 e. The Labute approximate surface area is 105 Å². The molecule has 0 atom stereocenters. The largest absolute Gasteiger partial charge is 0.619 e. The molecule has 1 amide bonds. The Morgan fingerprint density at radius 1 is 1.11 bits per heavy atom. The molecule has 5 heteroatoms. The molecule has 0 saturated carbocycles. The van der Waals surface area contributed by atoms with Gasteiger partial charge in [0, 0.05) is 24.2 Å². The number of hydrogen-bond acceptors (Lipinski definition) is 2. The molecule has 2 rings (SSSR count). The predicted molar refractivity (Wildman–Crippen MR) is 66.6 cm³/mol. The second kappa shape index (κ2) is 6.36. The van der Waals surface area contributed by atoms with Crippen LogP contribution in [0.4, 0.5) is 0 Å². The minimum Gasteiger partial charge on any atom is -0.619 e. The summed E-state index contributed by atoms with van der Waals surface area (Å²) in [4.78, 5) is 11.7. The first-order valence-corrected chi connectivity index (χ1v) is 5.26. The van der Waals surface area contributed by atoms with Crippen LogP contribution in [0.25, 0.3) is 0 Å². The highest BCUT2D eigenvalue weighted by molar-refractivity contribution is 5.94. The summed E-state index contributed by atoms with van der Waals surface area (Å²) >= 11 is 0. The third kappa shape index (κ3) is 3.57. The Morgan fingerprint density at radius 2 is 1.72 bits per heavy atom. The van der Waals surface area contributed by atoms with Gasteiger partial charge in [0.2, 0.25) is 0 Å². The molecule has 5 nitrogen and oxygen atoms in total. The second-order valence-corrected chi connectivity index (χ2v) is 3.61. The number of aromatic nitrogens is 1. The molecular weight excluding hydrogens is 232 g/mol. The van der Waals surface area contributed by atoms with Crippen molar-refractivity contribution >= 4 is 5.91 Å². The third-order valence-corrected chi connectivity index (χ3v) is 2.36. The van der Waals surface area contributed by atoms with Crippen molar-refractivity contribution in [2.45, 2.75) is 6.54 Å². The number of hydrogen-bond donors (Lipinski definition) is 1. The molecule has 0 spiro atoms. The van der Waals surface area contributed by atoms with Crippen molar-refractivity contribution in [3.63, 3.8) is 0 Å². The van der Waals surface area contributed by atoms with Crippen LogP contribution in [-0.4, -0.2) is 11.4 Å². The lowest BCUT2D eigenvalue weighted by molar-refractivity contribution is -0.605. The van der Waals surface area contributed by atoms with Gasteiger partial charge in [-0.3, -0.25) is 4.79 Å². The maximum absolute atomic E-state index is 11.7. The van der Waals surface area contributed by atoms with Gasteiger partial charge in [0.25, 0.3) is 5.91 Å². The Kier molecular flexibility index (Phi) is 4.83. The summed E-state index contributed by atoms with van der Waals surface area (Å²) in [5, 5.41) is 13.6. The number of benzene rings is 1. The second-order valence-electron chi connectivity index (χ2n) is 3.61. The van der Waals surface area contributed by atoms with Gasteiger partial charge in [-0.1, -0.05) is 18.2 Å². The van der Waals surface area contributed by atoms with E-state index in [1.807, 2.05) is 18.2 Å². The number of pyridine rings is 1. The van der Waals surface area contributed by atoms with E-state index in [1.54, 1.807) is 24.3 Å². The van der Waals surface area contributed by atoms with Crippen molar-refractivity contribution < 1.29 is 15.0 Å². The van der Waals surface area contributed by atoms with Crippen molar-refractivity contribution in [3.05, 3.63) is 71.2 Å². The zero-order valence-corrected chi connectivity index (χ0v) is 9.67. The molecule has 0 bridgehead atoms. The number of rotatable bonds is 3. The van der Waals surface area contributed by atoms with E-state index in [9.17, 15) is 10.0 Å². The van der Waals surface area contributed by atoms with Crippen LogP contribution < -0.4 is 10.0 Å². The molecule has 0 unspecified atom stereocenters. The summed E-state index contributed by atoms with van der Waals surface area (Å²) in [5.41, 5.74) is 1.52. The van der Waals surface area contributed by atoms with Gasteiger partial charge in [-0.25, -0.2) is 0 Å². The molecule has 1 heterocycles. The Balaban J connectivity index is 0.00000162. The molecule has 1 aromatic carbocycles. The average molecular weight is 246 g/mol. The first-order chi connectivity index (χ1) is 8.25. The first-order valence-electron chi connectivity index (χ1n) is 5.26. The number of carbonyl (C=O) groups excluding carboxylic acids is 1. The maximum atomic E-state index is 11.7. The van der Waals surface area contributed by atoms with E-state index in [2.05, 4.69) is 5.32 Å². The van der Waals surface area contributed by atoms with E-state index in [0.717, 1.165) is 5.56 Å².